The third-order valence-corrected chi connectivity index (χ3v) is 10.7. The number of unbranched alkanes of at least 4 members (excludes halogenated alkanes) is 23. The number of ether oxygens (including phenoxy) is 2. The Kier molecular flexibility index (Phi) is 37.0. The van der Waals surface area contributed by atoms with Gasteiger partial charge in [0.05, 0.1) is 27.7 Å². The predicted octanol–water partition coefficient (Wildman–Crippen LogP) is 12.1. The first kappa shape index (κ1) is 53.5. The Labute approximate surface area is 339 Å². The second-order valence-corrected chi connectivity index (χ2v) is 17.8. The topological polar surface area (TPSA) is 111 Å². The first-order valence-corrected chi connectivity index (χ1v) is 24.0. The highest BCUT2D eigenvalue weighted by molar-refractivity contribution is 7.45. The summed E-state index contributed by atoms with van der Waals surface area (Å²) in [6.07, 6.45) is 40.5. The molecule has 324 valence electrons. The first-order valence-electron chi connectivity index (χ1n) is 22.5. The first-order chi connectivity index (χ1) is 26.5. The van der Waals surface area contributed by atoms with Crippen LogP contribution in [-0.4, -0.2) is 70.0 Å². The Morgan fingerprint density at radius 2 is 0.982 bits per heavy atom. The van der Waals surface area contributed by atoms with Gasteiger partial charge in [-0.05, 0) is 44.9 Å². The van der Waals surface area contributed by atoms with Crippen LogP contribution >= 0.6 is 7.82 Å². The van der Waals surface area contributed by atoms with E-state index in [1.165, 1.54) is 109 Å². The fourth-order valence-corrected chi connectivity index (χ4v) is 6.88. The fraction of sp³-hybridized carbons (Fsp3) is 0.867. The highest BCUT2D eigenvalue weighted by atomic mass is 31.2. The van der Waals surface area contributed by atoms with Crippen molar-refractivity contribution in [1.29, 1.82) is 0 Å². The molecule has 0 heterocycles. The van der Waals surface area contributed by atoms with E-state index in [1.807, 2.05) is 21.1 Å². The van der Waals surface area contributed by atoms with Gasteiger partial charge in [-0.25, -0.2) is 0 Å². The molecule has 0 aromatic carbocycles. The second kappa shape index (κ2) is 38.0. The van der Waals surface area contributed by atoms with Crippen molar-refractivity contribution in [1.82, 2.24) is 0 Å². The van der Waals surface area contributed by atoms with Crippen molar-refractivity contribution in [3.8, 4) is 0 Å². The van der Waals surface area contributed by atoms with E-state index in [4.69, 9.17) is 18.5 Å². The highest BCUT2D eigenvalue weighted by Crippen LogP contribution is 2.38. The monoisotopic (exact) mass is 800 g/mol. The van der Waals surface area contributed by atoms with Gasteiger partial charge in [0.15, 0.2) is 6.10 Å². The number of phosphoric ester groups is 1. The van der Waals surface area contributed by atoms with Crippen LogP contribution in [0, 0.1) is 0 Å². The number of likely N-dealkylation sites (N-methyl/N-ethyl adjacent to an activating group) is 1. The largest absolute Gasteiger partial charge is 0.756 e. The average Bonchev–Trinajstić information content (AvgIpc) is 3.13. The van der Waals surface area contributed by atoms with Crippen LogP contribution in [0.3, 0.4) is 0 Å². The summed E-state index contributed by atoms with van der Waals surface area (Å²) in [5.74, 6) is -0.843. The summed E-state index contributed by atoms with van der Waals surface area (Å²) in [5, 5.41) is 0. The Morgan fingerprint density at radius 1 is 0.564 bits per heavy atom. The predicted molar refractivity (Wildman–Crippen MR) is 227 cm³/mol. The van der Waals surface area contributed by atoms with Gasteiger partial charge < -0.3 is 27.9 Å². The van der Waals surface area contributed by atoms with Gasteiger partial charge in [0.1, 0.15) is 19.8 Å². The van der Waals surface area contributed by atoms with Gasteiger partial charge >= 0.3 is 11.9 Å². The highest BCUT2D eigenvalue weighted by Gasteiger charge is 2.21. The van der Waals surface area contributed by atoms with Gasteiger partial charge in [0, 0.05) is 12.8 Å². The second-order valence-electron chi connectivity index (χ2n) is 16.4. The summed E-state index contributed by atoms with van der Waals surface area (Å²) in [5.41, 5.74) is 0. The molecule has 2 atom stereocenters. The van der Waals surface area contributed by atoms with E-state index in [2.05, 4.69) is 38.2 Å². The molecule has 0 rings (SSSR count). The maximum absolute atomic E-state index is 12.7. The van der Waals surface area contributed by atoms with Crippen LogP contribution in [0.25, 0.3) is 0 Å². The minimum Gasteiger partial charge on any atom is -0.756 e. The van der Waals surface area contributed by atoms with Crippen LogP contribution < -0.4 is 4.89 Å². The molecule has 0 fully saturated rings. The number of carbonyl (C=O) groups excluding carboxylic acids is 2. The van der Waals surface area contributed by atoms with E-state index < -0.39 is 26.5 Å². The van der Waals surface area contributed by atoms with Crippen molar-refractivity contribution in [2.24, 2.45) is 0 Å². The van der Waals surface area contributed by atoms with Gasteiger partial charge in [0.2, 0.25) is 0 Å². The molecule has 0 saturated carbocycles. The van der Waals surface area contributed by atoms with Crippen LogP contribution in [0.15, 0.2) is 24.3 Å². The minimum atomic E-state index is -4.62. The molecular formula is C45H86NO8P. The summed E-state index contributed by atoms with van der Waals surface area (Å²) < 4.78 is 33.9. The molecule has 0 aromatic rings. The van der Waals surface area contributed by atoms with E-state index in [0.29, 0.717) is 17.4 Å². The van der Waals surface area contributed by atoms with Crippen molar-refractivity contribution < 1.29 is 42.1 Å². The summed E-state index contributed by atoms with van der Waals surface area (Å²) in [7, 11) is 1.16. The van der Waals surface area contributed by atoms with Crippen LogP contribution in [0.4, 0.5) is 0 Å². The summed E-state index contributed by atoms with van der Waals surface area (Å²) in [4.78, 5) is 37.5. The maximum Gasteiger partial charge on any atom is 0.306 e. The summed E-state index contributed by atoms with van der Waals surface area (Å²) >= 11 is 0. The van der Waals surface area contributed by atoms with E-state index in [-0.39, 0.29) is 32.0 Å². The molecule has 1 unspecified atom stereocenters. The molecule has 0 aliphatic carbocycles. The molecule has 0 spiro atoms. The number of hydrogen-bond donors (Lipinski definition) is 0. The van der Waals surface area contributed by atoms with Crippen LogP contribution in [0.2, 0.25) is 0 Å². The number of allylic oxidation sites excluding steroid dienone is 4. The Balaban J connectivity index is 4.34. The zero-order valence-electron chi connectivity index (χ0n) is 36.4. The molecule has 0 aliphatic rings. The molecule has 0 N–H and O–H groups in total. The van der Waals surface area contributed by atoms with Crippen LogP contribution in [0.1, 0.15) is 200 Å². The van der Waals surface area contributed by atoms with Crippen LogP contribution in [-0.2, 0) is 32.7 Å². The van der Waals surface area contributed by atoms with E-state index >= 15 is 0 Å². The average molecular weight is 800 g/mol. The smallest absolute Gasteiger partial charge is 0.306 e. The zero-order valence-corrected chi connectivity index (χ0v) is 37.3. The molecule has 0 bridgehead atoms. The fourth-order valence-electron chi connectivity index (χ4n) is 6.16. The van der Waals surface area contributed by atoms with Crippen molar-refractivity contribution in [3.05, 3.63) is 24.3 Å². The van der Waals surface area contributed by atoms with Gasteiger partial charge in [0.25, 0.3) is 7.82 Å². The minimum absolute atomic E-state index is 0.0319. The van der Waals surface area contributed by atoms with Gasteiger partial charge in [-0.2, -0.15) is 0 Å². The molecule has 0 aliphatic heterocycles. The van der Waals surface area contributed by atoms with Crippen molar-refractivity contribution in [3.63, 3.8) is 0 Å². The molecule has 0 saturated heterocycles. The third-order valence-electron chi connectivity index (χ3n) is 9.72. The Bertz CT molecular complexity index is 996. The number of esters is 2. The van der Waals surface area contributed by atoms with Gasteiger partial charge in [-0.1, -0.05) is 167 Å². The molecule has 0 amide bonds. The van der Waals surface area contributed by atoms with Crippen molar-refractivity contribution in [2.75, 3.05) is 47.5 Å². The zero-order chi connectivity index (χ0) is 40.7. The third kappa shape index (κ3) is 41.9. The number of carbonyl (C=O) groups is 2. The standard InChI is InChI=1S/C45H86NO8P/c1-6-8-10-12-14-16-18-20-22-24-25-27-29-31-33-35-37-44(47)51-41-43(42-53-55(49,50)52-40-39-46(3,4)5)54-45(48)38-36-34-32-30-28-26-23-21-19-17-15-13-11-9-7-2/h15,17,21,23,43H,6-14,16,18-20,22,24-42H2,1-5H3/b17-15-,23-21-/t43-/m1/s1. The molecular weight excluding hydrogens is 713 g/mol. The molecule has 9 nitrogen and oxygen atoms in total. The maximum atomic E-state index is 12.7. The summed E-state index contributed by atoms with van der Waals surface area (Å²) in [6.45, 7) is 4.20. The molecule has 0 aromatic heterocycles. The van der Waals surface area contributed by atoms with Crippen LogP contribution in [0.5, 0.6) is 0 Å². The molecule has 55 heavy (non-hydrogen) atoms. The van der Waals surface area contributed by atoms with E-state index in [9.17, 15) is 19.0 Å². The quantitative estimate of drug-likeness (QED) is 0.0198. The lowest BCUT2D eigenvalue weighted by molar-refractivity contribution is -0.870. The number of nitrogens with zero attached hydrogens (tertiary/aromatic N) is 1. The van der Waals surface area contributed by atoms with Gasteiger partial charge in [-0.3, -0.25) is 14.2 Å². The number of rotatable bonds is 41. The SMILES string of the molecule is CCCCC/C=C\C/C=C\CCCCCCCC(=O)O[C@H](COC(=O)CCCCCCCCCCCCCCCCCC)COP(=O)([O-])OCC[N+](C)(C)C. The lowest BCUT2D eigenvalue weighted by Crippen LogP contribution is -2.37. The molecule has 10 heteroatoms. The Morgan fingerprint density at radius 3 is 1.47 bits per heavy atom. The number of hydrogen-bond acceptors (Lipinski definition) is 8. The van der Waals surface area contributed by atoms with E-state index in [1.54, 1.807) is 0 Å². The number of quaternary nitrogens is 1. The summed E-state index contributed by atoms with van der Waals surface area (Å²) in [6, 6.07) is 0. The molecule has 0 radical (unpaired) electrons. The van der Waals surface area contributed by atoms with E-state index in [0.717, 1.165) is 57.8 Å². The normalized spacial score (nSPS) is 13.8. The Hall–Kier alpha value is -1.51. The van der Waals surface area contributed by atoms with Crippen molar-refractivity contribution in [2.45, 2.75) is 206 Å². The van der Waals surface area contributed by atoms with Crippen molar-refractivity contribution >= 4 is 19.8 Å². The lowest BCUT2D eigenvalue weighted by Gasteiger charge is -2.28. The number of phosphoric acid groups is 1. The van der Waals surface area contributed by atoms with Gasteiger partial charge in [-0.15, -0.1) is 0 Å². The lowest BCUT2D eigenvalue weighted by atomic mass is 10.0.